The predicted octanol–water partition coefficient (Wildman–Crippen LogP) is -2.62. The topological polar surface area (TPSA) is 213 Å². The van der Waals surface area contributed by atoms with Crippen molar-refractivity contribution in [2.24, 2.45) is 0 Å². The van der Waals surface area contributed by atoms with Crippen molar-refractivity contribution in [3.05, 3.63) is 52.1 Å². The van der Waals surface area contributed by atoms with Gasteiger partial charge in [0.1, 0.15) is 29.3 Å². The van der Waals surface area contributed by atoms with Gasteiger partial charge in [0.05, 0.1) is 20.3 Å². The first-order valence-corrected chi connectivity index (χ1v) is 9.35. The number of hydroxylamine groups is 2. The van der Waals surface area contributed by atoms with E-state index >= 15 is 0 Å². The molecule has 33 heavy (non-hydrogen) atoms. The third-order valence-electron chi connectivity index (χ3n) is 5.27. The van der Waals surface area contributed by atoms with Crippen LogP contribution in [0.2, 0.25) is 0 Å². The number of aliphatic hydroxyl groups is 4. The van der Waals surface area contributed by atoms with Crippen molar-refractivity contribution < 1.29 is 44.4 Å². The molecule has 1 aromatic heterocycles. The van der Waals surface area contributed by atoms with E-state index < -0.39 is 60.0 Å². The zero-order valence-corrected chi connectivity index (χ0v) is 17.1. The molecule has 180 valence electrons. The highest BCUT2D eigenvalue weighted by atomic mass is 19.2. The van der Waals surface area contributed by atoms with Crippen molar-refractivity contribution in [3.8, 4) is 5.75 Å². The molecule has 4 atom stereocenters. The van der Waals surface area contributed by atoms with Crippen molar-refractivity contribution in [3.63, 3.8) is 0 Å². The lowest BCUT2D eigenvalue weighted by Gasteiger charge is -2.42. The summed E-state index contributed by atoms with van der Waals surface area (Å²) in [5.74, 6) is -5.29. The molecule has 0 bridgehead atoms. The van der Waals surface area contributed by atoms with Gasteiger partial charge < -0.3 is 40.8 Å². The largest absolute Gasteiger partial charge is 0.497 e. The molecule has 3 rings (SSSR count). The summed E-state index contributed by atoms with van der Waals surface area (Å²) in [5.41, 5.74) is 1.48. The number of aliphatic hydroxyl groups excluding tert-OH is 2. The number of benzene rings is 1. The molecule has 1 aliphatic rings. The SMILES string of the molecule is COc1ccc(CN(O)[C@@]2(O)[C@H](O)[C@@H](CO)O[C@@]2(O)n2c(N)c(C(=O)NF)cnc2=O)cc1. The van der Waals surface area contributed by atoms with E-state index in [0.717, 1.165) is 5.54 Å². The predicted molar refractivity (Wildman–Crippen MR) is 105 cm³/mol. The first-order chi connectivity index (χ1) is 15.5. The highest BCUT2D eigenvalue weighted by molar-refractivity contribution is 5.97. The van der Waals surface area contributed by atoms with Gasteiger partial charge in [0, 0.05) is 6.20 Å². The quantitative estimate of drug-likeness (QED) is 0.126. The van der Waals surface area contributed by atoms with E-state index in [9.17, 15) is 39.7 Å². The fourth-order valence-corrected chi connectivity index (χ4v) is 3.50. The molecule has 0 saturated carbocycles. The summed E-state index contributed by atoms with van der Waals surface area (Å²) in [6, 6.07) is 6.04. The summed E-state index contributed by atoms with van der Waals surface area (Å²) in [6.45, 7) is -1.52. The smallest absolute Gasteiger partial charge is 0.353 e. The van der Waals surface area contributed by atoms with Crippen LogP contribution in [0.1, 0.15) is 15.9 Å². The van der Waals surface area contributed by atoms with Crippen LogP contribution in [0.25, 0.3) is 0 Å². The number of nitrogen functional groups attached to an aromatic ring is 1. The third kappa shape index (κ3) is 3.80. The van der Waals surface area contributed by atoms with Crippen LogP contribution in [0.3, 0.4) is 0 Å². The Morgan fingerprint density at radius 1 is 1.39 bits per heavy atom. The molecular weight excluding hydrogens is 449 g/mol. The van der Waals surface area contributed by atoms with Crippen LogP contribution in [0.4, 0.5) is 10.3 Å². The highest BCUT2D eigenvalue weighted by Gasteiger charge is 2.70. The number of anilines is 1. The van der Waals surface area contributed by atoms with E-state index in [0.29, 0.717) is 17.5 Å². The van der Waals surface area contributed by atoms with Crippen molar-refractivity contribution in [2.75, 3.05) is 19.5 Å². The number of hydrogen-bond donors (Lipinski definition) is 7. The fraction of sp³-hybridized carbons (Fsp3) is 0.389. The summed E-state index contributed by atoms with van der Waals surface area (Å²) in [5, 5.41) is 53.5. The maximum absolute atomic E-state index is 12.7. The van der Waals surface area contributed by atoms with Gasteiger partial charge in [-0.3, -0.25) is 4.79 Å². The first kappa shape index (κ1) is 24.5. The normalized spacial score (nSPS) is 27.0. The molecule has 14 nitrogen and oxygen atoms in total. The summed E-state index contributed by atoms with van der Waals surface area (Å²) in [4.78, 5) is 27.5. The Balaban J connectivity index is 2.14. The van der Waals surface area contributed by atoms with Crippen LogP contribution in [-0.4, -0.2) is 77.8 Å². The molecular formula is C18H22FN5O9. The van der Waals surface area contributed by atoms with Crippen molar-refractivity contribution in [1.82, 2.24) is 20.2 Å². The Hall–Kier alpha value is -3.18. The molecule has 15 heteroatoms. The molecule has 1 fully saturated rings. The second kappa shape index (κ2) is 8.99. The minimum absolute atomic E-state index is 0.0493. The monoisotopic (exact) mass is 471 g/mol. The lowest BCUT2D eigenvalue weighted by molar-refractivity contribution is -0.413. The Bertz CT molecular complexity index is 1080. The molecule has 0 aliphatic carbocycles. The average molecular weight is 471 g/mol. The molecule has 0 radical (unpaired) electrons. The fourth-order valence-electron chi connectivity index (χ4n) is 3.50. The van der Waals surface area contributed by atoms with Gasteiger partial charge in [-0.05, 0) is 17.7 Å². The number of halogens is 1. The van der Waals surface area contributed by atoms with Crippen LogP contribution in [0, 0.1) is 0 Å². The minimum atomic E-state index is -3.40. The molecule has 1 saturated heterocycles. The lowest BCUT2D eigenvalue weighted by atomic mass is 10.00. The molecule has 0 spiro atoms. The number of rotatable bonds is 7. The van der Waals surface area contributed by atoms with Gasteiger partial charge in [0.25, 0.3) is 5.91 Å². The van der Waals surface area contributed by atoms with Crippen LogP contribution in [-0.2, 0) is 17.2 Å². The van der Waals surface area contributed by atoms with E-state index in [1.165, 1.54) is 31.4 Å². The second-order valence-corrected chi connectivity index (χ2v) is 7.12. The Morgan fingerprint density at radius 2 is 2.03 bits per heavy atom. The highest BCUT2D eigenvalue weighted by Crippen LogP contribution is 2.44. The number of carbonyl (C=O) groups excluding carboxylic acids is 1. The van der Waals surface area contributed by atoms with Gasteiger partial charge in [-0.15, -0.1) is 5.06 Å². The molecule has 8 N–H and O–H groups in total. The standard InChI is InChI=1S/C18H22FN5O9/c1-32-10-4-2-9(3-5-10)7-23(31)17(29)13(26)12(8-25)33-18(17,30)24-14(20)11(15(27)22-19)6-21-16(24)28/h2-6,12-13,25-26,29-31H,7-8,20H2,1H3,(H,22,27)/t12-,13-,17-,18-/m1/s1. The van der Waals surface area contributed by atoms with Crippen molar-refractivity contribution in [2.45, 2.75) is 30.4 Å². The van der Waals surface area contributed by atoms with Crippen molar-refractivity contribution >= 4 is 11.7 Å². The zero-order chi connectivity index (χ0) is 24.6. The van der Waals surface area contributed by atoms with Gasteiger partial charge in [0.2, 0.25) is 5.72 Å². The van der Waals surface area contributed by atoms with Crippen LogP contribution >= 0.6 is 0 Å². The number of carbonyl (C=O) groups is 1. The van der Waals surface area contributed by atoms with Gasteiger partial charge in [-0.2, -0.15) is 5.54 Å². The van der Waals surface area contributed by atoms with Gasteiger partial charge in [-0.25, -0.2) is 14.3 Å². The van der Waals surface area contributed by atoms with E-state index in [1.54, 1.807) is 0 Å². The molecule has 2 heterocycles. The molecule has 1 amide bonds. The Labute approximate surface area is 184 Å². The summed E-state index contributed by atoms with van der Waals surface area (Å²) >= 11 is 0. The average Bonchev–Trinajstić information content (AvgIpc) is 3.01. The summed E-state index contributed by atoms with van der Waals surface area (Å²) in [6.07, 6.45) is -3.36. The number of hydrogen-bond acceptors (Lipinski definition) is 12. The number of nitrogens with zero attached hydrogens (tertiary/aromatic N) is 3. The minimum Gasteiger partial charge on any atom is -0.497 e. The van der Waals surface area contributed by atoms with E-state index in [-0.39, 0.29) is 9.63 Å². The summed E-state index contributed by atoms with van der Waals surface area (Å²) in [7, 11) is 1.44. The number of methoxy groups -OCH3 is 1. The van der Waals surface area contributed by atoms with E-state index in [2.05, 4.69) is 4.98 Å². The first-order valence-electron chi connectivity index (χ1n) is 9.35. The summed E-state index contributed by atoms with van der Waals surface area (Å²) < 4.78 is 22.9. The van der Waals surface area contributed by atoms with Crippen LogP contribution < -0.4 is 21.7 Å². The van der Waals surface area contributed by atoms with Crippen LogP contribution in [0.5, 0.6) is 5.75 Å². The zero-order valence-electron chi connectivity index (χ0n) is 17.1. The van der Waals surface area contributed by atoms with Gasteiger partial charge >= 0.3 is 11.6 Å². The Morgan fingerprint density at radius 3 is 2.58 bits per heavy atom. The maximum Gasteiger partial charge on any atom is 0.353 e. The van der Waals surface area contributed by atoms with Crippen LogP contribution in [0.15, 0.2) is 35.3 Å². The molecule has 1 aliphatic heterocycles. The second-order valence-electron chi connectivity index (χ2n) is 7.12. The number of ether oxygens (including phenoxy) is 2. The molecule has 2 aromatic rings. The number of aromatic nitrogens is 2. The number of amides is 1. The van der Waals surface area contributed by atoms with E-state index in [1.807, 2.05) is 0 Å². The molecule has 1 aromatic carbocycles. The Kier molecular flexibility index (Phi) is 6.66. The lowest BCUT2D eigenvalue weighted by Crippen LogP contribution is -2.68. The van der Waals surface area contributed by atoms with E-state index in [4.69, 9.17) is 15.2 Å². The van der Waals surface area contributed by atoms with Crippen molar-refractivity contribution in [1.29, 1.82) is 0 Å². The third-order valence-corrected chi connectivity index (χ3v) is 5.27. The molecule has 0 unspecified atom stereocenters. The maximum atomic E-state index is 12.7. The number of nitrogens with two attached hydrogens (primary N) is 1. The van der Waals surface area contributed by atoms with Gasteiger partial charge in [-0.1, -0.05) is 16.6 Å². The van der Waals surface area contributed by atoms with Gasteiger partial charge in [0.15, 0.2) is 0 Å². The number of nitrogens with one attached hydrogen (secondary N) is 1.